The number of hydrogen-bond donors (Lipinski definition) is 0. The first kappa shape index (κ1) is 19.2. The molecule has 0 aliphatic heterocycles. The van der Waals surface area contributed by atoms with Crippen LogP contribution in [-0.2, 0) is 6.54 Å². The van der Waals surface area contributed by atoms with Gasteiger partial charge < -0.3 is 21.9 Å². The predicted molar refractivity (Wildman–Crippen MR) is 105 cm³/mol. The topological polar surface area (TPSA) is 7.12 Å². The maximum absolute atomic E-state index is 5.59. The van der Waals surface area contributed by atoms with Crippen LogP contribution < -0.4 is 26.4 Å². The molecule has 0 N–H and O–H groups in total. The minimum Gasteiger partial charge on any atom is -1.00 e. The van der Waals surface area contributed by atoms with Crippen molar-refractivity contribution in [2.75, 3.05) is 19.0 Å². The summed E-state index contributed by atoms with van der Waals surface area (Å²) in [5, 5.41) is 1.21. The second-order valence-electron chi connectivity index (χ2n) is 5.98. The molecule has 2 aromatic carbocycles. The Labute approximate surface area is 164 Å². The number of halogens is 1. The van der Waals surface area contributed by atoms with E-state index < -0.39 is 0 Å². The van der Waals surface area contributed by atoms with E-state index in [0.717, 1.165) is 0 Å². The molecule has 1 heterocycles. The number of rotatable bonds is 4. The molecule has 0 fully saturated rings. The van der Waals surface area contributed by atoms with Gasteiger partial charge in [-0.2, -0.15) is 4.57 Å². The van der Waals surface area contributed by atoms with E-state index in [-0.39, 0.29) is 17.0 Å². The summed E-state index contributed by atoms with van der Waals surface area (Å²) < 4.78 is 3.48. The molecule has 3 aromatic rings. The van der Waals surface area contributed by atoms with Crippen LogP contribution in [0.4, 0.5) is 5.69 Å². The van der Waals surface area contributed by atoms with Crippen molar-refractivity contribution in [3.63, 3.8) is 0 Å². The van der Waals surface area contributed by atoms with E-state index in [0.29, 0.717) is 6.54 Å². The molecule has 2 nitrogen and oxygen atoms in total. The quantitative estimate of drug-likeness (QED) is 0.464. The highest BCUT2D eigenvalue weighted by molar-refractivity contribution is 7.19. The van der Waals surface area contributed by atoms with E-state index in [1.807, 2.05) is 0 Å². The summed E-state index contributed by atoms with van der Waals surface area (Å²) in [6.07, 6.45) is 7.81. The summed E-state index contributed by atoms with van der Waals surface area (Å²) in [5.74, 6) is 2.78. The van der Waals surface area contributed by atoms with Crippen molar-refractivity contribution in [3.05, 3.63) is 59.1 Å². The van der Waals surface area contributed by atoms with Crippen LogP contribution in [-0.4, -0.2) is 14.1 Å². The SMILES string of the molecule is C#CC[n+]1c(/C(C)=C/c2ccc(N(C)C)cc2)sc2ccccc21.[Br-]. The van der Waals surface area contributed by atoms with Crippen molar-refractivity contribution in [2.24, 2.45) is 0 Å². The average molecular weight is 413 g/mol. The summed E-state index contributed by atoms with van der Waals surface area (Å²) in [6, 6.07) is 17.0. The Morgan fingerprint density at radius 3 is 2.48 bits per heavy atom. The molecule has 25 heavy (non-hydrogen) atoms. The number of allylic oxidation sites excluding steroid dienone is 1. The van der Waals surface area contributed by atoms with Crippen molar-refractivity contribution in [2.45, 2.75) is 13.5 Å². The van der Waals surface area contributed by atoms with Gasteiger partial charge in [0, 0.05) is 31.4 Å². The van der Waals surface area contributed by atoms with Gasteiger partial charge in [0.25, 0.3) is 5.01 Å². The van der Waals surface area contributed by atoms with Crippen LogP contribution in [0.3, 0.4) is 0 Å². The first-order chi connectivity index (χ1) is 11.6. The summed E-state index contributed by atoms with van der Waals surface area (Å²) in [7, 11) is 4.10. The number of thiazole rings is 1. The maximum atomic E-state index is 5.59. The van der Waals surface area contributed by atoms with Crippen molar-refractivity contribution >= 4 is 38.9 Å². The fourth-order valence-electron chi connectivity index (χ4n) is 2.76. The number of aromatic nitrogens is 1. The Bertz CT molecular complexity index is 931. The van der Waals surface area contributed by atoms with E-state index in [1.165, 1.54) is 32.0 Å². The van der Waals surface area contributed by atoms with E-state index in [4.69, 9.17) is 6.42 Å². The third-order valence-corrected chi connectivity index (χ3v) is 5.29. The molecule has 0 aliphatic rings. The number of nitrogens with zero attached hydrogens (tertiary/aromatic N) is 2. The highest BCUT2D eigenvalue weighted by Gasteiger charge is 2.20. The van der Waals surface area contributed by atoms with Crippen LogP contribution in [0.5, 0.6) is 0 Å². The van der Waals surface area contributed by atoms with Gasteiger partial charge in [0.2, 0.25) is 12.1 Å². The van der Waals surface area contributed by atoms with Crippen LogP contribution in [0.15, 0.2) is 48.5 Å². The zero-order valence-corrected chi connectivity index (χ0v) is 17.1. The van der Waals surface area contributed by atoms with Crippen LogP contribution in [0.25, 0.3) is 21.9 Å². The van der Waals surface area contributed by atoms with Crippen molar-refractivity contribution in [1.29, 1.82) is 0 Å². The van der Waals surface area contributed by atoms with Crippen LogP contribution in [0.2, 0.25) is 0 Å². The predicted octanol–water partition coefficient (Wildman–Crippen LogP) is 1.45. The second-order valence-corrected chi connectivity index (χ2v) is 7.01. The van der Waals surface area contributed by atoms with Crippen LogP contribution >= 0.6 is 11.3 Å². The van der Waals surface area contributed by atoms with Crippen LogP contribution in [0, 0.1) is 12.3 Å². The number of anilines is 1. The smallest absolute Gasteiger partial charge is 0.266 e. The Kier molecular flexibility index (Phi) is 6.41. The standard InChI is InChI=1S/C21H21N2S.BrH/c1-5-14-23-19-8-6-7-9-20(19)24-21(23)16(2)15-17-10-12-18(13-11-17)22(3)4;/h1,6-13,15H,14H2,2-4H3;1H/q+1;/p-1. The van der Waals surface area contributed by atoms with E-state index in [9.17, 15) is 0 Å². The van der Waals surface area contributed by atoms with Gasteiger partial charge in [-0.15, -0.1) is 6.42 Å². The lowest BCUT2D eigenvalue weighted by molar-refractivity contribution is -0.656. The second kappa shape index (κ2) is 8.33. The molecule has 0 radical (unpaired) electrons. The summed E-state index contributed by atoms with van der Waals surface area (Å²) in [6.45, 7) is 2.74. The van der Waals surface area contributed by atoms with Crippen molar-refractivity contribution < 1.29 is 21.5 Å². The lowest BCUT2D eigenvalue weighted by Crippen LogP contribution is -3.00. The van der Waals surface area contributed by atoms with E-state index >= 15 is 0 Å². The fraction of sp³-hybridized carbons (Fsp3) is 0.190. The lowest BCUT2D eigenvalue weighted by atomic mass is 10.1. The third-order valence-electron chi connectivity index (χ3n) is 3.99. The average Bonchev–Trinajstić information content (AvgIpc) is 2.95. The molecule has 1 aromatic heterocycles. The largest absolute Gasteiger partial charge is 1.00 e. The van der Waals surface area contributed by atoms with Gasteiger partial charge in [0.05, 0.1) is 0 Å². The zero-order chi connectivity index (χ0) is 17.1. The minimum absolute atomic E-state index is 0. The van der Waals surface area contributed by atoms with Gasteiger partial charge in [-0.25, -0.2) is 0 Å². The number of hydrogen-bond acceptors (Lipinski definition) is 2. The molecule has 128 valence electrons. The minimum atomic E-state index is 0. The molecule has 0 aliphatic carbocycles. The highest BCUT2D eigenvalue weighted by atomic mass is 79.9. The molecule has 0 spiro atoms. The molecular formula is C21H21BrN2S. The highest BCUT2D eigenvalue weighted by Crippen LogP contribution is 2.27. The van der Waals surface area contributed by atoms with Gasteiger partial charge in [0.1, 0.15) is 4.70 Å². The first-order valence-electron chi connectivity index (χ1n) is 7.91. The molecule has 0 saturated heterocycles. The maximum Gasteiger partial charge on any atom is 0.266 e. The summed E-state index contributed by atoms with van der Waals surface area (Å²) in [5.41, 5.74) is 4.83. The van der Waals surface area contributed by atoms with Gasteiger partial charge in [-0.3, -0.25) is 0 Å². The van der Waals surface area contributed by atoms with E-state index in [1.54, 1.807) is 11.3 Å². The lowest BCUT2D eigenvalue weighted by Gasteiger charge is -2.11. The molecule has 0 saturated carbocycles. The summed E-state index contributed by atoms with van der Waals surface area (Å²) in [4.78, 5) is 2.10. The number of para-hydroxylation sites is 1. The van der Waals surface area contributed by atoms with Crippen molar-refractivity contribution in [3.8, 4) is 12.3 Å². The van der Waals surface area contributed by atoms with Gasteiger partial charge in [-0.1, -0.05) is 35.6 Å². The molecule has 3 rings (SSSR count). The zero-order valence-electron chi connectivity index (χ0n) is 14.7. The molecule has 0 bridgehead atoms. The van der Waals surface area contributed by atoms with Gasteiger partial charge in [0.15, 0.2) is 0 Å². The third kappa shape index (κ3) is 4.12. The summed E-state index contributed by atoms with van der Waals surface area (Å²) >= 11 is 1.79. The first-order valence-corrected chi connectivity index (χ1v) is 8.72. The molecule has 4 heteroatoms. The Morgan fingerprint density at radius 2 is 1.84 bits per heavy atom. The molecule has 0 atom stereocenters. The fourth-order valence-corrected chi connectivity index (χ4v) is 3.89. The van der Waals surface area contributed by atoms with Crippen LogP contribution in [0.1, 0.15) is 17.5 Å². The van der Waals surface area contributed by atoms with Gasteiger partial charge >= 0.3 is 0 Å². The normalized spacial score (nSPS) is 11.0. The van der Waals surface area contributed by atoms with E-state index in [2.05, 4.69) is 91.0 Å². The Morgan fingerprint density at radius 1 is 1.16 bits per heavy atom. The van der Waals surface area contributed by atoms with Crippen molar-refractivity contribution in [1.82, 2.24) is 0 Å². The monoisotopic (exact) mass is 412 g/mol. The molecule has 0 amide bonds. The Balaban J connectivity index is 0.00000225. The number of terminal acetylenes is 1. The number of benzene rings is 2. The van der Waals surface area contributed by atoms with Gasteiger partial charge in [-0.05, 0) is 42.7 Å². The molecular weight excluding hydrogens is 392 g/mol. The Hall–Kier alpha value is -2.09. The molecule has 0 unspecified atom stereocenters. The number of fused-ring (bicyclic) bond motifs is 1.